The maximum atomic E-state index is 6.09. The Morgan fingerprint density at radius 2 is 2.07 bits per heavy atom. The van der Waals surface area contributed by atoms with Crippen LogP contribution in [0.1, 0.15) is 43.7 Å². The minimum atomic E-state index is 0.291. The molecule has 2 rings (SSSR count). The molecule has 0 aromatic heterocycles. The number of hydrogen-bond acceptors (Lipinski definition) is 1. The van der Waals surface area contributed by atoms with Crippen LogP contribution >= 0.6 is 0 Å². The van der Waals surface area contributed by atoms with Crippen molar-refractivity contribution in [2.45, 2.75) is 45.1 Å². The molecule has 0 radical (unpaired) electrons. The van der Waals surface area contributed by atoms with Gasteiger partial charge in [0.15, 0.2) is 0 Å². The molecule has 1 aromatic carbocycles. The second kappa shape index (κ2) is 4.36. The van der Waals surface area contributed by atoms with Gasteiger partial charge in [-0.05, 0) is 42.2 Å². The quantitative estimate of drug-likeness (QED) is 0.799. The Labute approximate surface area is 92.7 Å². The third-order valence-electron chi connectivity index (χ3n) is 3.33. The molecule has 1 aliphatic rings. The van der Waals surface area contributed by atoms with E-state index in [1.807, 2.05) is 0 Å². The molecule has 0 amide bonds. The van der Waals surface area contributed by atoms with Crippen LogP contribution in [-0.2, 0) is 6.42 Å². The van der Waals surface area contributed by atoms with Crippen molar-refractivity contribution in [3.63, 3.8) is 0 Å². The summed E-state index contributed by atoms with van der Waals surface area (Å²) in [6.45, 7) is 4.38. The van der Waals surface area contributed by atoms with Gasteiger partial charge in [0.05, 0.1) is 0 Å². The Bertz CT molecular complexity index is 326. The first-order valence-electron chi connectivity index (χ1n) is 6.01. The van der Waals surface area contributed by atoms with Gasteiger partial charge in [-0.15, -0.1) is 0 Å². The fourth-order valence-corrected chi connectivity index (χ4v) is 1.90. The molecule has 1 nitrogen and oxygen atoms in total. The van der Waals surface area contributed by atoms with E-state index in [-0.39, 0.29) is 0 Å². The molecule has 2 N–H and O–H groups in total. The van der Waals surface area contributed by atoms with Crippen molar-refractivity contribution in [1.29, 1.82) is 0 Å². The molecule has 1 saturated carbocycles. The molecule has 1 fully saturated rings. The maximum Gasteiger partial charge on any atom is 0.0102 e. The molecule has 0 saturated heterocycles. The van der Waals surface area contributed by atoms with Crippen LogP contribution in [0.4, 0.5) is 0 Å². The molecular formula is C14H21N. The zero-order valence-corrected chi connectivity index (χ0v) is 9.74. The molecule has 1 atom stereocenters. The van der Waals surface area contributed by atoms with Gasteiger partial charge in [0, 0.05) is 6.04 Å². The van der Waals surface area contributed by atoms with Crippen LogP contribution in [0.15, 0.2) is 24.3 Å². The second-order valence-electron chi connectivity index (χ2n) is 5.13. The van der Waals surface area contributed by atoms with Gasteiger partial charge in [-0.25, -0.2) is 0 Å². The highest BCUT2D eigenvalue weighted by molar-refractivity contribution is 5.29. The van der Waals surface area contributed by atoms with E-state index in [2.05, 4.69) is 38.1 Å². The molecule has 15 heavy (non-hydrogen) atoms. The number of hydrogen-bond donors (Lipinski definition) is 1. The molecular weight excluding hydrogens is 182 g/mol. The molecule has 0 bridgehead atoms. The van der Waals surface area contributed by atoms with Crippen LogP contribution in [0, 0.1) is 5.92 Å². The average molecular weight is 203 g/mol. The summed E-state index contributed by atoms with van der Waals surface area (Å²) in [4.78, 5) is 0. The summed E-state index contributed by atoms with van der Waals surface area (Å²) in [5.74, 6) is 1.41. The second-order valence-corrected chi connectivity index (χ2v) is 5.13. The van der Waals surface area contributed by atoms with Gasteiger partial charge < -0.3 is 5.73 Å². The highest BCUT2D eigenvalue weighted by atomic mass is 14.6. The lowest BCUT2D eigenvalue weighted by Crippen LogP contribution is -2.28. The van der Waals surface area contributed by atoms with E-state index < -0.39 is 0 Å². The van der Waals surface area contributed by atoms with Gasteiger partial charge in [-0.1, -0.05) is 38.1 Å². The minimum absolute atomic E-state index is 0.291. The minimum Gasteiger partial charge on any atom is -0.327 e. The van der Waals surface area contributed by atoms with E-state index in [0.717, 1.165) is 12.3 Å². The lowest BCUT2D eigenvalue weighted by Gasteiger charge is -2.15. The van der Waals surface area contributed by atoms with E-state index in [1.54, 1.807) is 0 Å². The molecule has 1 unspecified atom stereocenters. The van der Waals surface area contributed by atoms with Crippen LogP contribution in [0.5, 0.6) is 0 Å². The fourth-order valence-electron chi connectivity index (χ4n) is 1.90. The van der Waals surface area contributed by atoms with Crippen LogP contribution in [-0.4, -0.2) is 6.04 Å². The Morgan fingerprint density at radius 1 is 1.33 bits per heavy atom. The normalized spacial score (nSPS) is 18.1. The van der Waals surface area contributed by atoms with Crippen LogP contribution in [0.2, 0.25) is 0 Å². The summed E-state index contributed by atoms with van der Waals surface area (Å²) in [6.07, 6.45) is 3.76. The molecule has 1 aromatic rings. The Hall–Kier alpha value is -0.820. The maximum absolute atomic E-state index is 6.09. The first kappa shape index (κ1) is 10.7. The average Bonchev–Trinajstić information content (AvgIpc) is 3.01. The Kier molecular flexibility index (Phi) is 3.11. The Balaban J connectivity index is 2.04. The van der Waals surface area contributed by atoms with Gasteiger partial charge in [0.1, 0.15) is 0 Å². The topological polar surface area (TPSA) is 26.0 Å². The highest BCUT2D eigenvalue weighted by Crippen LogP contribution is 2.40. The smallest absolute Gasteiger partial charge is 0.0102 e. The van der Waals surface area contributed by atoms with Crippen molar-refractivity contribution in [1.82, 2.24) is 0 Å². The summed E-state index contributed by atoms with van der Waals surface area (Å²) >= 11 is 0. The zero-order chi connectivity index (χ0) is 10.8. The predicted molar refractivity (Wildman–Crippen MR) is 64.9 cm³/mol. The molecule has 0 spiro atoms. The summed E-state index contributed by atoms with van der Waals surface area (Å²) in [5, 5.41) is 0. The number of benzene rings is 1. The van der Waals surface area contributed by atoms with E-state index >= 15 is 0 Å². The molecule has 0 heterocycles. The largest absolute Gasteiger partial charge is 0.327 e. The van der Waals surface area contributed by atoms with Crippen molar-refractivity contribution in [3.8, 4) is 0 Å². The molecule has 1 heteroatoms. The van der Waals surface area contributed by atoms with Crippen LogP contribution < -0.4 is 5.73 Å². The van der Waals surface area contributed by atoms with Crippen molar-refractivity contribution >= 4 is 0 Å². The van der Waals surface area contributed by atoms with Gasteiger partial charge in [0.25, 0.3) is 0 Å². The first-order chi connectivity index (χ1) is 7.16. The van der Waals surface area contributed by atoms with E-state index in [0.29, 0.717) is 12.0 Å². The summed E-state index contributed by atoms with van der Waals surface area (Å²) in [6, 6.07) is 9.27. The third-order valence-corrected chi connectivity index (χ3v) is 3.33. The van der Waals surface area contributed by atoms with E-state index in [4.69, 9.17) is 5.73 Å². The lowest BCUT2D eigenvalue weighted by atomic mass is 9.96. The van der Waals surface area contributed by atoms with E-state index in [1.165, 1.54) is 24.0 Å². The lowest BCUT2D eigenvalue weighted by molar-refractivity contribution is 0.490. The van der Waals surface area contributed by atoms with Gasteiger partial charge in [-0.2, -0.15) is 0 Å². The molecule has 82 valence electrons. The third kappa shape index (κ3) is 2.82. The fraction of sp³-hybridized carbons (Fsp3) is 0.571. The van der Waals surface area contributed by atoms with Crippen LogP contribution in [0.25, 0.3) is 0 Å². The summed E-state index contributed by atoms with van der Waals surface area (Å²) in [5.41, 5.74) is 9.01. The standard InChI is InChI=1S/C14H21N/c1-10(2)14(15)9-11-4-3-5-13(8-11)12-6-7-12/h3-5,8,10,12,14H,6-7,9,15H2,1-2H3. The van der Waals surface area contributed by atoms with Gasteiger partial charge in [-0.3, -0.25) is 0 Å². The molecule has 0 aliphatic heterocycles. The van der Waals surface area contributed by atoms with Crippen molar-refractivity contribution < 1.29 is 0 Å². The monoisotopic (exact) mass is 203 g/mol. The Morgan fingerprint density at radius 3 is 2.67 bits per heavy atom. The van der Waals surface area contributed by atoms with E-state index in [9.17, 15) is 0 Å². The van der Waals surface area contributed by atoms with Crippen molar-refractivity contribution in [3.05, 3.63) is 35.4 Å². The predicted octanol–water partition coefficient (Wildman–Crippen LogP) is 3.09. The summed E-state index contributed by atoms with van der Waals surface area (Å²) in [7, 11) is 0. The van der Waals surface area contributed by atoms with Crippen molar-refractivity contribution in [2.75, 3.05) is 0 Å². The van der Waals surface area contributed by atoms with Gasteiger partial charge in [0.2, 0.25) is 0 Å². The van der Waals surface area contributed by atoms with Gasteiger partial charge >= 0.3 is 0 Å². The van der Waals surface area contributed by atoms with Crippen molar-refractivity contribution in [2.24, 2.45) is 11.7 Å². The SMILES string of the molecule is CC(C)C(N)Cc1cccc(C2CC2)c1. The molecule has 1 aliphatic carbocycles. The number of nitrogens with two attached hydrogens (primary N) is 1. The highest BCUT2D eigenvalue weighted by Gasteiger charge is 2.23. The zero-order valence-electron chi connectivity index (χ0n) is 9.74. The summed E-state index contributed by atoms with van der Waals surface area (Å²) < 4.78 is 0. The first-order valence-corrected chi connectivity index (χ1v) is 6.01. The van der Waals surface area contributed by atoms with Crippen LogP contribution in [0.3, 0.4) is 0 Å². The number of rotatable bonds is 4.